The van der Waals surface area contributed by atoms with Crippen molar-refractivity contribution in [2.45, 2.75) is 23.8 Å². The van der Waals surface area contributed by atoms with Crippen LogP contribution in [0.25, 0.3) is 0 Å². The fourth-order valence-corrected chi connectivity index (χ4v) is 5.75. The lowest BCUT2D eigenvalue weighted by molar-refractivity contribution is 0.509. The molecule has 1 aromatic carbocycles. The maximum atomic E-state index is 13.7. The zero-order valence-electron chi connectivity index (χ0n) is 10.2. The van der Waals surface area contributed by atoms with Crippen LogP contribution < -0.4 is 4.72 Å². The highest BCUT2D eigenvalue weighted by molar-refractivity contribution is 9.10. The molecule has 0 unspecified atom stereocenters. The van der Waals surface area contributed by atoms with E-state index in [9.17, 15) is 21.4 Å². The first-order valence-electron chi connectivity index (χ1n) is 5.81. The van der Waals surface area contributed by atoms with Crippen LogP contribution in [0.15, 0.2) is 21.5 Å². The zero-order valence-corrected chi connectivity index (χ0v) is 13.5. The van der Waals surface area contributed by atoms with Gasteiger partial charge in [0, 0.05) is 38.9 Å². The summed E-state index contributed by atoms with van der Waals surface area (Å²) in [5.41, 5.74) is 0. The van der Waals surface area contributed by atoms with Crippen molar-refractivity contribution >= 4 is 36.8 Å². The molecule has 1 N–H and O–H groups in total. The minimum absolute atomic E-state index is 0.165. The summed E-state index contributed by atoms with van der Waals surface area (Å²) in [5.74, 6) is -1.18. The Kier molecular flexibility index (Phi) is 4.93. The molecule has 0 atom stereocenters. The van der Waals surface area contributed by atoms with Gasteiger partial charge in [-0.25, -0.2) is 21.9 Å². The van der Waals surface area contributed by atoms with E-state index >= 15 is 0 Å². The molecule has 1 heterocycles. The van der Waals surface area contributed by atoms with Crippen molar-refractivity contribution in [1.82, 2.24) is 4.72 Å². The van der Waals surface area contributed by atoms with Crippen LogP contribution in [0.3, 0.4) is 0 Å². The number of halogens is 3. The topological polar surface area (TPSA) is 63.2 Å². The normalized spacial score (nSPS) is 23.8. The molecule has 0 amide bonds. The Balaban J connectivity index is 2.25. The van der Waals surface area contributed by atoms with Gasteiger partial charge in [0.25, 0.3) is 0 Å². The highest BCUT2D eigenvalue weighted by Crippen LogP contribution is 2.27. The summed E-state index contributed by atoms with van der Waals surface area (Å²) in [6.45, 7) is 0. The summed E-state index contributed by atoms with van der Waals surface area (Å²) >= 11 is 2.86. The molecule has 2 rings (SSSR count). The molecular weight excluding hydrogens is 376 g/mol. The number of sulfonamides is 1. The minimum atomic E-state index is -4.09. The molecule has 0 bridgehead atoms. The van der Waals surface area contributed by atoms with Gasteiger partial charge >= 0.3 is 0 Å². The second-order valence-electron chi connectivity index (χ2n) is 4.44. The summed E-state index contributed by atoms with van der Waals surface area (Å²) in [4.78, 5) is -0.606. The van der Waals surface area contributed by atoms with Gasteiger partial charge in [0.05, 0.1) is 0 Å². The first-order valence-corrected chi connectivity index (χ1v) is 9.58. The Morgan fingerprint density at radius 3 is 2.40 bits per heavy atom. The van der Waals surface area contributed by atoms with Gasteiger partial charge in [-0.15, -0.1) is 0 Å². The van der Waals surface area contributed by atoms with E-state index in [2.05, 4.69) is 20.7 Å². The van der Waals surface area contributed by atoms with E-state index in [1.54, 1.807) is 0 Å². The van der Waals surface area contributed by atoms with E-state index in [1.807, 2.05) is 0 Å². The third-order valence-corrected chi connectivity index (χ3v) is 6.81. The fraction of sp³-hybridized carbons (Fsp3) is 0.455. The molecule has 4 nitrogen and oxygen atoms in total. The summed E-state index contributed by atoms with van der Waals surface area (Å²) in [7, 11) is -5.01. The van der Waals surface area contributed by atoms with Gasteiger partial charge in [0.15, 0.2) is 0 Å². The van der Waals surface area contributed by atoms with Crippen LogP contribution in [0.4, 0.5) is 8.78 Å². The van der Waals surface area contributed by atoms with Crippen LogP contribution in [0.5, 0.6) is 0 Å². The number of hydrogen-bond donors (Lipinski definition) is 1. The molecule has 9 heteroatoms. The lowest BCUT2D eigenvalue weighted by atomic mass is 10.2. The molecule has 1 saturated heterocycles. The molecule has 0 aromatic heterocycles. The predicted octanol–water partition coefficient (Wildman–Crippen LogP) is 1.92. The monoisotopic (exact) mass is 387 g/mol. The SMILES string of the molecule is O=S1CCC(NS(=O)(=O)c2c(F)cc(F)cc2Br)CC1. The smallest absolute Gasteiger partial charge is 0.244 e. The Bertz CT molecular complexity index is 618. The largest absolute Gasteiger partial charge is 0.260 e. The maximum Gasteiger partial charge on any atom is 0.244 e. The van der Waals surface area contributed by atoms with Crippen molar-refractivity contribution in [3.63, 3.8) is 0 Å². The summed E-state index contributed by atoms with van der Waals surface area (Å²) in [5, 5.41) is 0. The summed E-state index contributed by atoms with van der Waals surface area (Å²) in [6, 6.07) is 1.04. The van der Waals surface area contributed by atoms with E-state index in [-0.39, 0.29) is 10.5 Å². The summed E-state index contributed by atoms with van der Waals surface area (Å²) in [6.07, 6.45) is 0.874. The van der Waals surface area contributed by atoms with Crippen LogP contribution >= 0.6 is 15.9 Å². The van der Waals surface area contributed by atoms with Crippen LogP contribution in [0.2, 0.25) is 0 Å². The Labute approximate surface area is 126 Å². The molecule has 1 fully saturated rings. The van der Waals surface area contributed by atoms with Gasteiger partial charge in [-0.05, 0) is 34.8 Å². The predicted molar refractivity (Wildman–Crippen MR) is 75.3 cm³/mol. The quantitative estimate of drug-likeness (QED) is 0.861. The minimum Gasteiger partial charge on any atom is -0.260 e. The average Bonchev–Trinajstić information content (AvgIpc) is 2.30. The van der Waals surface area contributed by atoms with Crippen LogP contribution in [-0.4, -0.2) is 30.2 Å². The van der Waals surface area contributed by atoms with Crippen molar-refractivity contribution in [2.24, 2.45) is 0 Å². The third kappa shape index (κ3) is 3.63. The van der Waals surface area contributed by atoms with Crippen molar-refractivity contribution in [2.75, 3.05) is 11.5 Å². The van der Waals surface area contributed by atoms with E-state index in [1.165, 1.54) is 0 Å². The zero-order chi connectivity index (χ0) is 14.9. The van der Waals surface area contributed by atoms with Crippen molar-refractivity contribution < 1.29 is 21.4 Å². The van der Waals surface area contributed by atoms with Crippen LogP contribution in [-0.2, 0) is 20.8 Å². The third-order valence-electron chi connectivity index (χ3n) is 2.94. The van der Waals surface area contributed by atoms with Crippen molar-refractivity contribution in [3.8, 4) is 0 Å². The first-order chi connectivity index (χ1) is 9.29. The maximum absolute atomic E-state index is 13.7. The van der Waals surface area contributed by atoms with Gasteiger partial charge < -0.3 is 0 Å². The van der Waals surface area contributed by atoms with Crippen LogP contribution in [0, 0.1) is 11.6 Å². The van der Waals surface area contributed by atoms with Gasteiger partial charge in [-0.1, -0.05) is 0 Å². The van der Waals surface area contributed by atoms with Gasteiger partial charge in [0.1, 0.15) is 16.5 Å². The standard InChI is InChI=1S/C11H12BrF2NO3S2/c12-9-5-7(13)6-10(14)11(9)20(17,18)15-8-1-3-19(16)4-2-8/h5-6,8,15H,1-4H2. The molecule has 1 aliphatic rings. The number of benzene rings is 1. The Hall–Kier alpha value is -0.380. The second kappa shape index (κ2) is 6.17. The average molecular weight is 388 g/mol. The molecule has 1 aromatic rings. The van der Waals surface area contributed by atoms with Crippen LogP contribution in [0.1, 0.15) is 12.8 Å². The molecular formula is C11H12BrF2NO3S2. The molecule has 1 aliphatic heterocycles. The van der Waals surface area contributed by atoms with Crippen molar-refractivity contribution in [3.05, 3.63) is 28.2 Å². The van der Waals surface area contributed by atoms with E-state index < -0.39 is 37.4 Å². The van der Waals surface area contributed by atoms with Gasteiger partial charge in [-0.2, -0.15) is 0 Å². The lowest BCUT2D eigenvalue weighted by Gasteiger charge is -2.22. The molecule has 0 spiro atoms. The van der Waals surface area contributed by atoms with Gasteiger partial charge in [0.2, 0.25) is 10.0 Å². The highest BCUT2D eigenvalue weighted by atomic mass is 79.9. The Morgan fingerprint density at radius 1 is 1.25 bits per heavy atom. The fourth-order valence-electron chi connectivity index (χ4n) is 1.98. The number of nitrogens with one attached hydrogen (secondary N) is 1. The molecule has 112 valence electrons. The van der Waals surface area contributed by atoms with E-state index in [0.29, 0.717) is 30.4 Å². The molecule has 0 saturated carbocycles. The van der Waals surface area contributed by atoms with E-state index in [0.717, 1.165) is 6.07 Å². The van der Waals surface area contributed by atoms with Crippen molar-refractivity contribution in [1.29, 1.82) is 0 Å². The first kappa shape index (κ1) is 16.0. The number of rotatable bonds is 3. The summed E-state index contributed by atoms with van der Waals surface area (Å²) < 4.78 is 64.4. The molecule has 0 radical (unpaired) electrons. The Morgan fingerprint density at radius 2 is 1.85 bits per heavy atom. The number of hydrogen-bond acceptors (Lipinski definition) is 3. The highest BCUT2D eigenvalue weighted by Gasteiger charge is 2.28. The van der Waals surface area contributed by atoms with Gasteiger partial charge in [-0.3, -0.25) is 4.21 Å². The second-order valence-corrected chi connectivity index (χ2v) is 8.64. The molecule has 20 heavy (non-hydrogen) atoms. The lowest BCUT2D eigenvalue weighted by Crippen LogP contribution is -2.39. The van der Waals surface area contributed by atoms with E-state index in [4.69, 9.17) is 0 Å². The molecule has 0 aliphatic carbocycles.